The van der Waals surface area contributed by atoms with Crippen molar-refractivity contribution >= 4 is 0 Å². The third-order valence-corrected chi connectivity index (χ3v) is 2.86. The van der Waals surface area contributed by atoms with Gasteiger partial charge in [0, 0.05) is 20.3 Å². The van der Waals surface area contributed by atoms with Crippen LogP contribution >= 0.6 is 0 Å². The number of rotatable bonds is 6. The molecule has 1 aliphatic heterocycles. The van der Waals surface area contributed by atoms with Gasteiger partial charge in [-0.3, -0.25) is 0 Å². The molecule has 0 aliphatic carbocycles. The van der Waals surface area contributed by atoms with Gasteiger partial charge < -0.3 is 15.0 Å². The molecular formula is C11H24N2O. The third-order valence-electron chi connectivity index (χ3n) is 2.86. The third kappa shape index (κ3) is 4.94. The van der Waals surface area contributed by atoms with Gasteiger partial charge in [-0.2, -0.15) is 0 Å². The van der Waals surface area contributed by atoms with Gasteiger partial charge in [-0.1, -0.05) is 0 Å². The van der Waals surface area contributed by atoms with Gasteiger partial charge in [-0.05, 0) is 51.9 Å². The maximum Gasteiger partial charge on any atom is 0.0474 e. The van der Waals surface area contributed by atoms with Crippen molar-refractivity contribution in [1.82, 2.24) is 10.2 Å². The normalized spacial score (nSPS) is 24.0. The highest BCUT2D eigenvalue weighted by Crippen LogP contribution is 2.13. The fourth-order valence-electron chi connectivity index (χ4n) is 2.09. The predicted octanol–water partition coefficient (Wildman–Crippen LogP) is 0.954. The highest BCUT2D eigenvalue weighted by Gasteiger charge is 2.15. The molecule has 0 aromatic heterocycles. The van der Waals surface area contributed by atoms with Crippen LogP contribution < -0.4 is 5.32 Å². The molecule has 0 radical (unpaired) electrons. The first-order chi connectivity index (χ1) is 6.83. The lowest BCUT2D eigenvalue weighted by molar-refractivity contribution is 0.188. The fourth-order valence-corrected chi connectivity index (χ4v) is 2.09. The lowest BCUT2D eigenvalue weighted by Crippen LogP contribution is -2.37. The van der Waals surface area contributed by atoms with Crippen LogP contribution in [-0.4, -0.2) is 51.8 Å². The van der Waals surface area contributed by atoms with E-state index in [0.29, 0.717) is 0 Å². The largest absolute Gasteiger partial charge is 0.385 e. The molecule has 1 aliphatic rings. The Balaban J connectivity index is 1.95. The minimum absolute atomic E-state index is 0.858. The average molecular weight is 200 g/mol. The minimum atomic E-state index is 0.858. The van der Waals surface area contributed by atoms with E-state index in [9.17, 15) is 0 Å². The van der Waals surface area contributed by atoms with E-state index in [-0.39, 0.29) is 0 Å². The van der Waals surface area contributed by atoms with Gasteiger partial charge in [0.25, 0.3) is 0 Å². The van der Waals surface area contributed by atoms with Gasteiger partial charge in [-0.25, -0.2) is 0 Å². The number of nitrogens with one attached hydrogen (secondary N) is 1. The molecule has 1 heterocycles. The van der Waals surface area contributed by atoms with Crippen molar-refractivity contribution in [2.24, 2.45) is 5.92 Å². The quantitative estimate of drug-likeness (QED) is 0.646. The Bertz CT molecular complexity index is 141. The Hall–Kier alpha value is -0.120. The van der Waals surface area contributed by atoms with E-state index < -0.39 is 0 Å². The monoisotopic (exact) mass is 200 g/mol. The summed E-state index contributed by atoms with van der Waals surface area (Å²) >= 11 is 0. The molecule has 0 bridgehead atoms. The van der Waals surface area contributed by atoms with E-state index in [1.165, 1.54) is 32.5 Å². The van der Waals surface area contributed by atoms with Gasteiger partial charge in [-0.15, -0.1) is 0 Å². The van der Waals surface area contributed by atoms with Crippen LogP contribution in [-0.2, 0) is 4.74 Å². The number of hydrogen-bond acceptors (Lipinski definition) is 3. The van der Waals surface area contributed by atoms with Gasteiger partial charge >= 0.3 is 0 Å². The highest BCUT2D eigenvalue weighted by atomic mass is 16.5. The molecule has 3 heteroatoms. The summed E-state index contributed by atoms with van der Waals surface area (Å²) in [5.41, 5.74) is 0. The summed E-state index contributed by atoms with van der Waals surface area (Å²) in [6, 6.07) is 0. The van der Waals surface area contributed by atoms with Crippen molar-refractivity contribution in [1.29, 1.82) is 0 Å². The van der Waals surface area contributed by atoms with Crippen molar-refractivity contribution in [3.63, 3.8) is 0 Å². The van der Waals surface area contributed by atoms with E-state index in [1.54, 1.807) is 7.11 Å². The van der Waals surface area contributed by atoms with Gasteiger partial charge in [0.15, 0.2) is 0 Å². The molecule has 1 rings (SSSR count). The molecule has 0 amide bonds. The molecule has 0 spiro atoms. The Morgan fingerprint density at radius 2 is 2.36 bits per heavy atom. The van der Waals surface area contributed by atoms with Crippen LogP contribution in [0.2, 0.25) is 0 Å². The first kappa shape index (κ1) is 12.0. The second kappa shape index (κ2) is 7.21. The zero-order valence-electron chi connectivity index (χ0n) is 9.59. The van der Waals surface area contributed by atoms with Crippen LogP contribution in [0, 0.1) is 5.92 Å². The topological polar surface area (TPSA) is 24.5 Å². The number of hydrogen-bond donors (Lipinski definition) is 1. The summed E-state index contributed by atoms with van der Waals surface area (Å²) in [5.74, 6) is 0.858. The maximum atomic E-state index is 5.00. The van der Waals surface area contributed by atoms with E-state index in [0.717, 1.165) is 25.5 Å². The van der Waals surface area contributed by atoms with Crippen LogP contribution in [0.4, 0.5) is 0 Å². The van der Waals surface area contributed by atoms with Gasteiger partial charge in [0.2, 0.25) is 0 Å². The lowest BCUT2D eigenvalue weighted by atomic mass is 9.98. The summed E-state index contributed by atoms with van der Waals surface area (Å²) in [6.07, 6.45) is 3.88. The van der Waals surface area contributed by atoms with E-state index >= 15 is 0 Å². The summed E-state index contributed by atoms with van der Waals surface area (Å²) in [7, 11) is 3.98. The van der Waals surface area contributed by atoms with Crippen LogP contribution in [0.3, 0.4) is 0 Å². The molecule has 1 saturated heterocycles. The Morgan fingerprint density at radius 1 is 1.50 bits per heavy atom. The number of methoxy groups -OCH3 is 1. The van der Waals surface area contributed by atoms with Crippen molar-refractivity contribution in [3.05, 3.63) is 0 Å². The zero-order valence-corrected chi connectivity index (χ0v) is 9.59. The van der Waals surface area contributed by atoms with E-state index in [1.807, 2.05) is 0 Å². The lowest BCUT2D eigenvalue weighted by Gasteiger charge is -2.29. The van der Waals surface area contributed by atoms with Crippen molar-refractivity contribution in [2.45, 2.75) is 19.3 Å². The molecule has 14 heavy (non-hydrogen) atoms. The van der Waals surface area contributed by atoms with Crippen LogP contribution in [0.25, 0.3) is 0 Å². The molecule has 0 saturated carbocycles. The summed E-state index contributed by atoms with van der Waals surface area (Å²) < 4.78 is 5.00. The second-order valence-corrected chi connectivity index (χ2v) is 4.32. The number of piperidine rings is 1. The first-order valence-corrected chi connectivity index (χ1v) is 5.71. The molecule has 0 aromatic rings. The van der Waals surface area contributed by atoms with Crippen LogP contribution in [0.1, 0.15) is 19.3 Å². The van der Waals surface area contributed by atoms with Crippen molar-refractivity contribution < 1.29 is 4.74 Å². The number of likely N-dealkylation sites (tertiary alicyclic amines) is 1. The molecular weight excluding hydrogens is 176 g/mol. The molecule has 3 nitrogen and oxygen atoms in total. The van der Waals surface area contributed by atoms with Gasteiger partial charge in [0.05, 0.1) is 0 Å². The molecule has 1 unspecified atom stereocenters. The Morgan fingerprint density at radius 3 is 3.07 bits per heavy atom. The van der Waals surface area contributed by atoms with E-state index in [2.05, 4.69) is 17.3 Å². The van der Waals surface area contributed by atoms with E-state index in [4.69, 9.17) is 4.74 Å². The number of nitrogens with zero attached hydrogens (tertiary/aromatic N) is 1. The van der Waals surface area contributed by atoms with Crippen LogP contribution in [0.5, 0.6) is 0 Å². The standard InChI is InChI=1S/C11H24N2O/c1-13-7-3-5-11(10-13)9-12-6-4-8-14-2/h11-12H,3-10H2,1-2H3. The SMILES string of the molecule is COCCCNCC1CCCN(C)C1. The molecule has 0 aromatic carbocycles. The Kier molecular flexibility index (Phi) is 6.15. The van der Waals surface area contributed by atoms with Crippen molar-refractivity contribution in [3.8, 4) is 0 Å². The van der Waals surface area contributed by atoms with Crippen LogP contribution in [0.15, 0.2) is 0 Å². The molecule has 1 N–H and O–H groups in total. The summed E-state index contributed by atoms with van der Waals surface area (Å²) in [4.78, 5) is 2.44. The number of ether oxygens (including phenoxy) is 1. The maximum absolute atomic E-state index is 5.00. The highest BCUT2D eigenvalue weighted by molar-refractivity contribution is 4.72. The van der Waals surface area contributed by atoms with Crippen molar-refractivity contribution in [2.75, 3.05) is 46.9 Å². The predicted molar refractivity (Wildman–Crippen MR) is 59.6 cm³/mol. The summed E-state index contributed by atoms with van der Waals surface area (Å²) in [5, 5.41) is 3.50. The minimum Gasteiger partial charge on any atom is -0.385 e. The first-order valence-electron chi connectivity index (χ1n) is 5.71. The molecule has 1 atom stereocenters. The summed E-state index contributed by atoms with van der Waals surface area (Å²) in [6.45, 7) is 5.68. The van der Waals surface area contributed by atoms with Gasteiger partial charge in [0.1, 0.15) is 0 Å². The molecule has 84 valence electrons. The smallest absolute Gasteiger partial charge is 0.0474 e. The average Bonchev–Trinajstić information content (AvgIpc) is 2.18. The Labute approximate surface area is 87.8 Å². The fraction of sp³-hybridized carbons (Fsp3) is 1.00. The molecule has 1 fully saturated rings. The zero-order chi connectivity index (χ0) is 10.2. The second-order valence-electron chi connectivity index (χ2n) is 4.32.